The Labute approximate surface area is 138 Å². The maximum Gasteiger partial charge on any atom is 0.410 e. The summed E-state index contributed by atoms with van der Waals surface area (Å²) in [5.74, 6) is 0.960. The summed E-state index contributed by atoms with van der Waals surface area (Å²) in [5.41, 5.74) is -0.433. The van der Waals surface area contributed by atoms with Crippen molar-refractivity contribution in [3.63, 3.8) is 0 Å². The molecule has 1 spiro atoms. The van der Waals surface area contributed by atoms with E-state index in [9.17, 15) is 4.79 Å². The molecule has 1 saturated carbocycles. The van der Waals surface area contributed by atoms with Gasteiger partial charge in [0, 0.05) is 18.1 Å². The molecule has 2 heterocycles. The zero-order valence-electron chi connectivity index (χ0n) is 14.4. The monoisotopic (exact) mass is 320 g/mol. The van der Waals surface area contributed by atoms with E-state index in [2.05, 4.69) is 5.32 Å². The molecular formula is C18H28N2O3. The SMILES string of the molecule is CC(C)(C)OC(=O)N1CCC(NCc2ccco2)CC12CCC2. The van der Waals surface area contributed by atoms with E-state index < -0.39 is 5.60 Å². The van der Waals surface area contributed by atoms with Gasteiger partial charge in [-0.1, -0.05) is 0 Å². The number of carbonyl (C=O) groups is 1. The number of piperidine rings is 1. The molecule has 1 saturated heterocycles. The van der Waals surface area contributed by atoms with Gasteiger partial charge in [-0.3, -0.25) is 0 Å². The molecule has 1 unspecified atom stereocenters. The van der Waals surface area contributed by atoms with Gasteiger partial charge >= 0.3 is 6.09 Å². The van der Waals surface area contributed by atoms with Crippen LogP contribution in [-0.2, 0) is 11.3 Å². The van der Waals surface area contributed by atoms with Crippen molar-refractivity contribution < 1.29 is 13.9 Å². The zero-order valence-corrected chi connectivity index (χ0v) is 14.4. The molecule has 0 aromatic carbocycles. The first-order chi connectivity index (χ1) is 10.9. The Morgan fingerprint density at radius 3 is 2.83 bits per heavy atom. The number of ether oxygens (including phenoxy) is 1. The minimum Gasteiger partial charge on any atom is -0.468 e. The van der Waals surface area contributed by atoms with Gasteiger partial charge in [-0.2, -0.15) is 0 Å². The molecule has 1 N–H and O–H groups in total. The maximum atomic E-state index is 12.5. The lowest BCUT2D eigenvalue weighted by Crippen LogP contribution is -2.63. The fourth-order valence-corrected chi connectivity index (χ4v) is 3.69. The molecular weight excluding hydrogens is 292 g/mol. The highest BCUT2D eigenvalue weighted by molar-refractivity contribution is 5.69. The molecule has 1 aromatic rings. The maximum absolute atomic E-state index is 12.5. The third-order valence-electron chi connectivity index (χ3n) is 4.94. The Hall–Kier alpha value is -1.49. The standard InChI is InChI=1S/C18H28N2O3/c1-17(2,3)23-16(21)20-10-7-14(12-18(20)8-5-9-18)19-13-15-6-4-11-22-15/h4,6,11,14,19H,5,7-10,12-13H2,1-3H3. The topological polar surface area (TPSA) is 54.7 Å². The van der Waals surface area contributed by atoms with Crippen LogP contribution < -0.4 is 5.32 Å². The molecule has 128 valence electrons. The first-order valence-electron chi connectivity index (χ1n) is 8.64. The number of nitrogens with one attached hydrogen (secondary N) is 1. The molecule has 2 fully saturated rings. The molecule has 5 heteroatoms. The van der Waals surface area contributed by atoms with Crippen LogP contribution in [-0.4, -0.2) is 34.7 Å². The van der Waals surface area contributed by atoms with E-state index in [-0.39, 0.29) is 11.6 Å². The van der Waals surface area contributed by atoms with Crippen molar-refractivity contribution in [3.05, 3.63) is 24.2 Å². The van der Waals surface area contributed by atoms with E-state index in [1.807, 2.05) is 37.8 Å². The van der Waals surface area contributed by atoms with Crippen molar-refractivity contribution in [3.8, 4) is 0 Å². The number of furan rings is 1. The van der Waals surface area contributed by atoms with Gasteiger partial charge in [0.2, 0.25) is 0 Å². The minimum atomic E-state index is -0.434. The van der Waals surface area contributed by atoms with Gasteiger partial charge in [-0.15, -0.1) is 0 Å². The lowest BCUT2D eigenvalue weighted by Gasteiger charge is -2.54. The van der Waals surface area contributed by atoms with E-state index in [0.29, 0.717) is 6.04 Å². The number of hydrogen-bond acceptors (Lipinski definition) is 4. The van der Waals surface area contributed by atoms with Crippen molar-refractivity contribution >= 4 is 6.09 Å². The van der Waals surface area contributed by atoms with E-state index in [1.54, 1.807) is 6.26 Å². The van der Waals surface area contributed by atoms with Crippen LogP contribution in [0.5, 0.6) is 0 Å². The lowest BCUT2D eigenvalue weighted by atomic mass is 9.69. The predicted molar refractivity (Wildman–Crippen MR) is 88.1 cm³/mol. The molecule has 1 aromatic heterocycles. The van der Waals surface area contributed by atoms with Crippen molar-refractivity contribution in [2.24, 2.45) is 0 Å². The summed E-state index contributed by atoms with van der Waals surface area (Å²) < 4.78 is 11.0. The van der Waals surface area contributed by atoms with Crippen LogP contribution in [0.1, 0.15) is 58.6 Å². The smallest absolute Gasteiger partial charge is 0.410 e. The summed E-state index contributed by atoms with van der Waals surface area (Å²) in [7, 11) is 0. The molecule has 2 aliphatic rings. The molecule has 1 atom stereocenters. The van der Waals surface area contributed by atoms with E-state index in [4.69, 9.17) is 9.15 Å². The fourth-order valence-electron chi connectivity index (χ4n) is 3.69. The second-order valence-electron chi connectivity index (χ2n) is 7.86. The molecule has 0 bridgehead atoms. The molecule has 0 radical (unpaired) electrons. The number of rotatable bonds is 3. The quantitative estimate of drug-likeness (QED) is 0.923. The Morgan fingerprint density at radius 2 is 2.26 bits per heavy atom. The Bertz CT molecular complexity index is 529. The third kappa shape index (κ3) is 3.71. The van der Waals surface area contributed by atoms with Crippen LogP contribution in [0.25, 0.3) is 0 Å². The van der Waals surface area contributed by atoms with Gasteiger partial charge in [-0.05, 0) is 65.0 Å². The van der Waals surface area contributed by atoms with Crippen molar-refractivity contribution in [1.82, 2.24) is 10.2 Å². The number of carbonyl (C=O) groups excluding carboxylic acids is 1. The highest BCUT2D eigenvalue weighted by Gasteiger charge is 2.49. The van der Waals surface area contributed by atoms with Crippen molar-refractivity contribution in [2.75, 3.05) is 6.54 Å². The molecule has 23 heavy (non-hydrogen) atoms. The van der Waals surface area contributed by atoms with Gasteiger partial charge in [0.15, 0.2) is 0 Å². The van der Waals surface area contributed by atoms with Gasteiger partial charge in [0.05, 0.1) is 12.8 Å². The normalized spacial score (nSPS) is 23.6. The summed E-state index contributed by atoms with van der Waals surface area (Å²) in [6.45, 7) is 7.30. The minimum absolute atomic E-state index is 0.00140. The lowest BCUT2D eigenvalue weighted by molar-refractivity contribution is -0.0495. The highest BCUT2D eigenvalue weighted by Crippen LogP contribution is 2.45. The molecule has 1 amide bonds. The summed E-state index contributed by atoms with van der Waals surface area (Å²) in [5, 5.41) is 3.58. The van der Waals surface area contributed by atoms with Crippen LogP contribution in [0, 0.1) is 0 Å². The molecule has 1 aliphatic carbocycles. The third-order valence-corrected chi connectivity index (χ3v) is 4.94. The first-order valence-corrected chi connectivity index (χ1v) is 8.64. The summed E-state index contributed by atoms with van der Waals surface area (Å²) in [6, 6.07) is 4.33. The molecule has 1 aliphatic heterocycles. The van der Waals surface area contributed by atoms with Gasteiger partial charge in [0.1, 0.15) is 11.4 Å². The van der Waals surface area contributed by atoms with E-state index in [0.717, 1.165) is 44.5 Å². The van der Waals surface area contributed by atoms with Crippen LogP contribution in [0.2, 0.25) is 0 Å². The summed E-state index contributed by atoms with van der Waals surface area (Å²) >= 11 is 0. The number of amides is 1. The first kappa shape index (κ1) is 16.4. The summed E-state index contributed by atoms with van der Waals surface area (Å²) in [6.07, 6.45) is 6.90. The Kier molecular flexibility index (Phi) is 4.41. The van der Waals surface area contributed by atoms with E-state index in [1.165, 1.54) is 6.42 Å². The van der Waals surface area contributed by atoms with Gasteiger partial charge < -0.3 is 19.4 Å². The van der Waals surface area contributed by atoms with Crippen molar-refractivity contribution in [1.29, 1.82) is 0 Å². The predicted octanol–water partition coefficient (Wildman–Crippen LogP) is 3.69. The second-order valence-corrected chi connectivity index (χ2v) is 7.86. The van der Waals surface area contributed by atoms with Crippen molar-refractivity contribution in [2.45, 2.75) is 76.6 Å². The highest BCUT2D eigenvalue weighted by atomic mass is 16.6. The number of hydrogen-bond donors (Lipinski definition) is 1. The average molecular weight is 320 g/mol. The largest absolute Gasteiger partial charge is 0.468 e. The summed E-state index contributed by atoms with van der Waals surface area (Å²) in [4.78, 5) is 14.5. The van der Waals surface area contributed by atoms with Gasteiger partial charge in [-0.25, -0.2) is 4.79 Å². The second kappa shape index (κ2) is 6.19. The fraction of sp³-hybridized carbons (Fsp3) is 0.722. The molecule has 3 rings (SSSR count). The van der Waals surface area contributed by atoms with E-state index >= 15 is 0 Å². The van der Waals surface area contributed by atoms with Crippen LogP contribution in [0.15, 0.2) is 22.8 Å². The van der Waals surface area contributed by atoms with Crippen LogP contribution in [0.3, 0.4) is 0 Å². The Balaban J connectivity index is 1.59. The van der Waals surface area contributed by atoms with Crippen LogP contribution in [0.4, 0.5) is 4.79 Å². The zero-order chi connectivity index (χ0) is 16.5. The Morgan fingerprint density at radius 1 is 1.48 bits per heavy atom. The van der Waals surface area contributed by atoms with Crippen LogP contribution >= 0.6 is 0 Å². The molecule has 5 nitrogen and oxygen atoms in total. The number of likely N-dealkylation sites (tertiary alicyclic amines) is 1. The average Bonchev–Trinajstić information content (AvgIpc) is 2.94. The van der Waals surface area contributed by atoms with Gasteiger partial charge in [0.25, 0.3) is 0 Å². The number of nitrogens with zero attached hydrogens (tertiary/aromatic N) is 1.